The molecule has 2 aromatic rings. The molecule has 2 N–H and O–H groups in total. The van der Waals surface area contributed by atoms with Crippen LogP contribution in [0, 0.1) is 6.92 Å². The molecule has 1 aliphatic heterocycles. The first-order chi connectivity index (χ1) is 8.34. The van der Waals surface area contributed by atoms with E-state index in [1.54, 1.807) is 0 Å². The zero-order valence-corrected chi connectivity index (χ0v) is 10.1. The van der Waals surface area contributed by atoms with Crippen molar-refractivity contribution in [3.63, 3.8) is 0 Å². The highest BCUT2D eigenvalue weighted by atomic mass is 16.5. The summed E-state index contributed by atoms with van der Waals surface area (Å²) in [7, 11) is 0. The van der Waals surface area contributed by atoms with Gasteiger partial charge < -0.3 is 15.0 Å². The standard InChI is InChI=1S/C14H18N2O/c1-10-13(8-11-9-17-7-6-15-11)12-4-2-3-5-14(12)16-10/h2-5,11,15-16H,6-9H2,1H3. The SMILES string of the molecule is Cc1[nH]c2ccccc2c1CC1COCCN1. The molecule has 1 unspecified atom stereocenters. The molecule has 0 radical (unpaired) electrons. The van der Waals surface area contributed by atoms with Crippen LogP contribution in [0.15, 0.2) is 24.3 Å². The molecule has 0 spiro atoms. The van der Waals surface area contributed by atoms with Gasteiger partial charge in [-0.1, -0.05) is 18.2 Å². The number of aryl methyl sites for hydroxylation is 1. The average Bonchev–Trinajstić information content (AvgIpc) is 2.68. The zero-order chi connectivity index (χ0) is 11.7. The Morgan fingerprint density at radius 3 is 3.06 bits per heavy atom. The predicted octanol–water partition coefficient (Wildman–Crippen LogP) is 2.01. The summed E-state index contributed by atoms with van der Waals surface area (Å²) in [5.74, 6) is 0. The maximum absolute atomic E-state index is 5.51. The number of rotatable bonds is 2. The summed E-state index contributed by atoms with van der Waals surface area (Å²) in [5.41, 5.74) is 3.93. The number of hydrogen-bond acceptors (Lipinski definition) is 2. The van der Waals surface area contributed by atoms with Gasteiger partial charge in [-0.05, 0) is 25.0 Å². The van der Waals surface area contributed by atoms with Crippen LogP contribution in [-0.2, 0) is 11.2 Å². The van der Waals surface area contributed by atoms with Gasteiger partial charge in [0, 0.05) is 29.2 Å². The largest absolute Gasteiger partial charge is 0.379 e. The van der Waals surface area contributed by atoms with Gasteiger partial charge in [0.25, 0.3) is 0 Å². The van der Waals surface area contributed by atoms with Crippen LogP contribution in [0.1, 0.15) is 11.3 Å². The molecule has 0 amide bonds. The van der Waals surface area contributed by atoms with Crippen molar-refractivity contribution in [2.24, 2.45) is 0 Å². The Morgan fingerprint density at radius 2 is 2.24 bits per heavy atom. The summed E-state index contributed by atoms with van der Waals surface area (Å²) in [5, 5.41) is 4.86. The van der Waals surface area contributed by atoms with Gasteiger partial charge in [0.15, 0.2) is 0 Å². The van der Waals surface area contributed by atoms with Crippen molar-refractivity contribution in [1.29, 1.82) is 0 Å². The van der Waals surface area contributed by atoms with Crippen LogP contribution in [-0.4, -0.2) is 30.8 Å². The Balaban J connectivity index is 1.90. The van der Waals surface area contributed by atoms with Crippen LogP contribution in [0.3, 0.4) is 0 Å². The molecule has 1 aromatic carbocycles. The van der Waals surface area contributed by atoms with Crippen LogP contribution in [0.25, 0.3) is 10.9 Å². The van der Waals surface area contributed by atoms with Gasteiger partial charge in [0.05, 0.1) is 13.2 Å². The van der Waals surface area contributed by atoms with E-state index in [0.717, 1.165) is 26.2 Å². The number of benzene rings is 1. The molecule has 3 rings (SSSR count). The molecule has 17 heavy (non-hydrogen) atoms. The number of H-pyrrole nitrogens is 1. The lowest BCUT2D eigenvalue weighted by Gasteiger charge is -2.23. The van der Waals surface area contributed by atoms with Crippen molar-refractivity contribution >= 4 is 10.9 Å². The van der Waals surface area contributed by atoms with E-state index >= 15 is 0 Å². The molecule has 2 heterocycles. The Kier molecular flexibility index (Phi) is 2.87. The molecule has 90 valence electrons. The third kappa shape index (κ3) is 2.08. The lowest BCUT2D eigenvalue weighted by Crippen LogP contribution is -2.42. The third-order valence-electron chi connectivity index (χ3n) is 3.48. The second-order valence-corrected chi connectivity index (χ2v) is 4.70. The quantitative estimate of drug-likeness (QED) is 0.828. The molecular formula is C14H18N2O. The van der Waals surface area contributed by atoms with Crippen molar-refractivity contribution < 1.29 is 4.74 Å². The maximum atomic E-state index is 5.51. The average molecular weight is 230 g/mol. The van der Waals surface area contributed by atoms with E-state index in [9.17, 15) is 0 Å². The van der Waals surface area contributed by atoms with E-state index in [2.05, 4.69) is 41.5 Å². The molecule has 1 atom stereocenters. The Hall–Kier alpha value is -1.32. The Bertz CT molecular complexity index is 512. The number of morpholine rings is 1. The normalized spacial score (nSPS) is 20.9. The predicted molar refractivity (Wildman–Crippen MR) is 69.3 cm³/mol. The van der Waals surface area contributed by atoms with Crippen molar-refractivity contribution in [2.45, 2.75) is 19.4 Å². The highest BCUT2D eigenvalue weighted by Crippen LogP contribution is 2.23. The smallest absolute Gasteiger partial charge is 0.0623 e. The molecule has 1 aromatic heterocycles. The van der Waals surface area contributed by atoms with Crippen LogP contribution < -0.4 is 5.32 Å². The maximum Gasteiger partial charge on any atom is 0.0623 e. The summed E-state index contributed by atoms with van der Waals surface area (Å²) in [6.07, 6.45) is 1.04. The molecule has 0 saturated carbocycles. The molecule has 1 fully saturated rings. The lowest BCUT2D eigenvalue weighted by molar-refractivity contribution is 0.0770. The monoisotopic (exact) mass is 230 g/mol. The van der Waals surface area contributed by atoms with Crippen LogP contribution in [0.5, 0.6) is 0 Å². The number of nitrogens with one attached hydrogen (secondary N) is 2. The molecule has 0 bridgehead atoms. The van der Waals surface area contributed by atoms with E-state index in [1.807, 2.05) is 0 Å². The molecule has 3 nitrogen and oxygen atoms in total. The van der Waals surface area contributed by atoms with Crippen molar-refractivity contribution in [3.8, 4) is 0 Å². The fourth-order valence-corrected chi connectivity index (χ4v) is 2.60. The van der Waals surface area contributed by atoms with Gasteiger partial charge >= 0.3 is 0 Å². The highest BCUT2D eigenvalue weighted by Gasteiger charge is 2.17. The van der Waals surface area contributed by atoms with E-state index < -0.39 is 0 Å². The fraction of sp³-hybridized carbons (Fsp3) is 0.429. The van der Waals surface area contributed by atoms with E-state index in [0.29, 0.717) is 6.04 Å². The summed E-state index contributed by atoms with van der Waals surface area (Å²) >= 11 is 0. The Labute approximate surface area is 101 Å². The van der Waals surface area contributed by atoms with E-state index in [4.69, 9.17) is 4.74 Å². The topological polar surface area (TPSA) is 37.0 Å². The van der Waals surface area contributed by atoms with Crippen LogP contribution >= 0.6 is 0 Å². The number of aromatic amines is 1. The first-order valence-electron chi connectivity index (χ1n) is 6.22. The number of para-hydroxylation sites is 1. The van der Waals surface area contributed by atoms with Gasteiger partial charge in [-0.3, -0.25) is 0 Å². The summed E-state index contributed by atoms with van der Waals surface area (Å²) in [4.78, 5) is 3.45. The van der Waals surface area contributed by atoms with Gasteiger partial charge in [-0.25, -0.2) is 0 Å². The van der Waals surface area contributed by atoms with Crippen molar-refractivity contribution in [2.75, 3.05) is 19.8 Å². The Morgan fingerprint density at radius 1 is 1.35 bits per heavy atom. The fourth-order valence-electron chi connectivity index (χ4n) is 2.60. The lowest BCUT2D eigenvalue weighted by atomic mass is 10.0. The molecule has 0 aliphatic carbocycles. The minimum atomic E-state index is 0.446. The van der Waals surface area contributed by atoms with Crippen LogP contribution in [0.4, 0.5) is 0 Å². The molecule has 1 saturated heterocycles. The molecular weight excluding hydrogens is 212 g/mol. The minimum absolute atomic E-state index is 0.446. The molecule has 1 aliphatic rings. The van der Waals surface area contributed by atoms with E-state index in [-0.39, 0.29) is 0 Å². The first kappa shape index (κ1) is 10.8. The minimum Gasteiger partial charge on any atom is -0.379 e. The zero-order valence-electron chi connectivity index (χ0n) is 10.1. The summed E-state index contributed by atoms with van der Waals surface area (Å²) in [6, 6.07) is 8.95. The van der Waals surface area contributed by atoms with Gasteiger partial charge in [0.1, 0.15) is 0 Å². The van der Waals surface area contributed by atoms with Gasteiger partial charge in [0.2, 0.25) is 0 Å². The second-order valence-electron chi connectivity index (χ2n) is 4.70. The van der Waals surface area contributed by atoms with Crippen molar-refractivity contribution in [1.82, 2.24) is 10.3 Å². The number of aromatic nitrogens is 1. The first-order valence-corrected chi connectivity index (χ1v) is 6.22. The number of ether oxygens (including phenoxy) is 1. The van der Waals surface area contributed by atoms with Gasteiger partial charge in [-0.15, -0.1) is 0 Å². The summed E-state index contributed by atoms with van der Waals surface area (Å²) in [6.45, 7) is 4.77. The number of fused-ring (bicyclic) bond motifs is 1. The van der Waals surface area contributed by atoms with Crippen molar-refractivity contribution in [3.05, 3.63) is 35.5 Å². The highest BCUT2D eigenvalue weighted by molar-refractivity contribution is 5.84. The third-order valence-corrected chi connectivity index (χ3v) is 3.48. The summed E-state index contributed by atoms with van der Waals surface area (Å²) < 4.78 is 5.51. The van der Waals surface area contributed by atoms with E-state index in [1.165, 1.54) is 22.2 Å². The van der Waals surface area contributed by atoms with Gasteiger partial charge in [-0.2, -0.15) is 0 Å². The van der Waals surface area contributed by atoms with Crippen LogP contribution in [0.2, 0.25) is 0 Å². The number of hydrogen-bond donors (Lipinski definition) is 2. The molecule has 3 heteroatoms. The second kappa shape index (κ2) is 4.51.